The number of rotatable bonds is 2. The molecule has 4 rings (SSSR count). The Hall–Kier alpha value is -0.890. The van der Waals surface area contributed by atoms with Gasteiger partial charge in [-0.2, -0.15) is 16.7 Å². The minimum absolute atomic E-state index is 0.0301. The summed E-state index contributed by atoms with van der Waals surface area (Å²) < 4.78 is 11.2. The molecule has 0 saturated carbocycles. The molecule has 0 amide bonds. The zero-order chi connectivity index (χ0) is 13.4. The van der Waals surface area contributed by atoms with Gasteiger partial charge in [-0.25, -0.2) is 0 Å². The lowest BCUT2D eigenvalue weighted by atomic mass is 10.0. The lowest BCUT2D eigenvalue weighted by Crippen LogP contribution is -2.29. The van der Waals surface area contributed by atoms with Crippen molar-refractivity contribution in [3.8, 4) is 0 Å². The largest absolute Gasteiger partial charge is 0.368 e. The number of ether oxygens (including phenoxy) is 1. The highest BCUT2D eigenvalue weighted by Gasteiger charge is 2.29. The number of hydrogen-bond donors (Lipinski definition) is 1. The Labute approximate surface area is 125 Å². The first kappa shape index (κ1) is 12.8. The fourth-order valence-electron chi connectivity index (χ4n) is 2.60. The van der Waals surface area contributed by atoms with E-state index in [0.29, 0.717) is 11.7 Å². The molecule has 2 aromatic rings. The predicted octanol–water partition coefficient (Wildman–Crippen LogP) is 2.17. The van der Waals surface area contributed by atoms with Crippen LogP contribution >= 0.6 is 23.1 Å². The molecule has 2 unspecified atom stereocenters. The molecule has 5 nitrogen and oxygen atoms in total. The average molecular weight is 309 g/mol. The summed E-state index contributed by atoms with van der Waals surface area (Å²) in [6.45, 7) is 1.71. The van der Waals surface area contributed by atoms with Crippen LogP contribution in [0, 0.1) is 0 Å². The standard InChI is InChI=1S/C13H15N3O2S2/c1-3-14-11(8-2-5-20-10(1)8)13-15-12(16-18-13)9-7-19-6-4-17-9/h2,5,9,11,14H,1,3-4,6-7H2. The SMILES string of the molecule is c1cc2c(s1)CCNC2c1nc(C2CSCCO2)no1. The first-order valence-corrected chi connectivity index (χ1v) is 8.78. The smallest absolute Gasteiger partial charge is 0.248 e. The topological polar surface area (TPSA) is 60.2 Å². The van der Waals surface area contributed by atoms with Crippen LogP contribution in [0.1, 0.15) is 34.3 Å². The van der Waals surface area contributed by atoms with Crippen LogP contribution in [0.2, 0.25) is 0 Å². The van der Waals surface area contributed by atoms with Crippen LogP contribution < -0.4 is 5.32 Å². The third kappa shape index (κ3) is 2.28. The molecule has 0 spiro atoms. The molecular weight excluding hydrogens is 294 g/mol. The molecule has 1 N–H and O–H groups in total. The summed E-state index contributed by atoms with van der Waals surface area (Å²) in [7, 11) is 0. The summed E-state index contributed by atoms with van der Waals surface area (Å²) in [5, 5.41) is 9.70. The van der Waals surface area contributed by atoms with E-state index in [9.17, 15) is 0 Å². The molecule has 4 heterocycles. The second kappa shape index (κ2) is 5.48. The maximum atomic E-state index is 5.69. The summed E-state index contributed by atoms with van der Waals surface area (Å²) in [4.78, 5) is 5.98. The van der Waals surface area contributed by atoms with Crippen molar-refractivity contribution < 1.29 is 9.26 Å². The minimum Gasteiger partial charge on any atom is -0.368 e. The van der Waals surface area contributed by atoms with Gasteiger partial charge in [0.05, 0.1) is 6.61 Å². The van der Waals surface area contributed by atoms with Crippen LogP contribution in [-0.2, 0) is 11.2 Å². The average Bonchev–Trinajstić information content (AvgIpc) is 3.17. The quantitative estimate of drug-likeness (QED) is 0.917. The zero-order valence-corrected chi connectivity index (χ0v) is 12.5. The molecule has 2 aliphatic heterocycles. The van der Waals surface area contributed by atoms with Crippen LogP contribution in [0.15, 0.2) is 16.0 Å². The van der Waals surface area contributed by atoms with Crippen LogP contribution in [0.3, 0.4) is 0 Å². The molecule has 0 aromatic carbocycles. The monoisotopic (exact) mass is 309 g/mol. The maximum Gasteiger partial charge on any atom is 0.248 e. The zero-order valence-electron chi connectivity index (χ0n) is 10.9. The Kier molecular flexibility index (Phi) is 3.51. The molecule has 20 heavy (non-hydrogen) atoms. The van der Waals surface area contributed by atoms with Gasteiger partial charge in [0.2, 0.25) is 11.7 Å². The first-order chi connectivity index (χ1) is 9.92. The minimum atomic E-state index is -0.0308. The molecule has 2 atom stereocenters. The summed E-state index contributed by atoms with van der Waals surface area (Å²) in [5.41, 5.74) is 1.27. The normalized spacial score (nSPS) is 26.4. The van der Waals surface area contributed by atoms with Crippen molar-refractivity contribution >= 4 is 23.1 Å². The molecule has 0 radical (unpaired) electrons. The van der Waals surface area contributed by atoms with Crippen molar-refractivity contribution in [2.45, 2.75) is 18.6 Å². The van der Waals surface area contributed by atoms with Gasteiger partial charge >= 0.3 is 0 Å². The second-order valence-corrected chi connectivity index (χ2v) is 7.01. The number of nitrogens with one attached hydrogen (secondary N) is 1. The lowest BCUT2D eigenvalue weighted by Gasteiger charge is -2.21. The highest BCUT2D eigenvalue weighted by Crippen LogP contribution is 2.32. The highest BCUT2D eigenvalue weighted by molar-refractivity contribution is 7.99. The molecule has 1 fully saturated rings. The van der Waals surface area contributed by atoms with Crippen LogP contribution in [0.4, 0.5) is 0 Å². The Morgan fingerprint density at radius 3 is 3.30 bits per heavy atom. The highest BCUT2D eigenvalue weighted by atomic mass is 32.2. The van der Waals surface area contributed by atoms with E-state index in [2.05, 4.69) is 26.9 Å². The molecule has 2 aromatic heterocycles. The Morgan fingerprint density at radius 2 is 2.40 bits per heavy atom. The summed E-state index contributed by atoms with van der Waals surface area (Å²) in [5.74, 6) is 3.28. The predicted molar refractivity (Wildman–Crippen MR) is 78.2 cm³/mol. The number of nitrogens with zero attached hydrogens (tertiary/aromatic N) is 2. The third-order valence-electron chi connectivity index (χ3n) is 3.60. The number of fused-ring (bicyclic) bond motifs is 1. The van der Waals surface area contributed by atoms with E-state index in [-0.39, 0.29) is 12.1 Å². The molecule has 106 valence electrons. The number of aromatic nitrogens is 2. The van der Waals surface area contributed by atoms with E-state index in [1.54, 1.807) is 11.3 Å². The molecule has 2 aliphatic rings. The van der Waals surface area contributed by atoms with Gasteiger partial charge in [-0.15, -0.1) is 11.3 Å². The molecule has 7 heteroatoms. The maximum absolute atomic E-state index is 5.69. The number of thiophene rings is 1. The van der Waals surface area contributed by atoms with Crippen LogP contribution in [0.5, 0.6) is 0 Å². The van der Waals surface area contributed by atoms with Gasteiger partial charge in [-0.05, 0) is 23.4 Å². The molecule has 0 bridgehead atoms. The van der Waals surface area contributed by atoms with Crippen LogP contribution in [0.25, 0.3) is 0 Å². The van der Waals surface area contributed by atoms with Crippen molar-refractivity contribution in [3.05, 3.63) is 33.6 Å². The van der Waals surface area contributed by atoms with E-state index in [4.69, 9.17) is 9.26 Å². The van der Waals surface area contributed by atoms with Gasteiger partial charge < -0.3 is 14.6 Å². The lowest BCUT2D eigenvalue weighted by molar-refractivity contribution is 0.0677. The van der Waals surface area contributed by atoms with Gasteiger partial charge in [0.15, 0.2) is 0 Å². The first-order valence-electron chi connectivity index (χ1n) is 6.74. The summed E-state index contributed by atoms with van der Waals surface area (Å²) in [6, 6.07) is 2.18. The van der Waals surface area contributed by atoms with E-state index in [1.807, 2.05) is 11.8 Å². The van der Waals surface area contributed by atoms with Crippen molar-refractivity contribution in [3.63, 3.8) is 0 Å². The van der Waals surface area contributed by atoms with Crippen molar-refractivity contribution in [2.24, 2.45) is 0 Å². The third-order valence-corrected chi connectivity index (χ3v) is 5.59. The van der Waals surface area contributed by atoms with Gasteiger partial charge in [-0.3, -0.25) is 0 Å². The van der Waals surface area contributed by atoms with Crippen LogP contribution in [-0.4, -0.2) is 34.8 Å². The van der Waals surface area contributed by atoms with E-state index >= 15 is 0 Å². The molecule has 0 aliphatic carbocycles. The van der Waals surface area contributed by atoms with E-state index in [1.165, 1.54) is 10.4 Å². The van der Waals surface area contributed by atoms with Gasteiger partial charge in [0, 0.05) is 22.9 Å². The Balaban J connectivity index is 1.60. The Morgan fingerprint density at radius 1 is 1.40 bits per heavy atom. The fourth-order valence-corrected chi connectivity index (χ4v) is 4.36. The molecular formula is C13H15N3O2S2. The summed E-state index contributed by atoms with van der Waals surface area (Å²) >= 11 is 3.67. The van der Waals surface area contributed by atoms with Gasteiger partial charge in [0.25, 0.3) is 0 Å². The van der Waals surface area contributed by atoms with E-state index < -0.39 is 0 Å². The number of thioether (sulfide) groups is 1. The second-order valence-electron chi connectivity index (χ2n) is 4.86. The van der Waals surface area contributed by atoms with Gasteiger partial charge in [0.1, 0.15) is 12.1 Å². The van der Waals surface area contributed by atoms with Crippen molar-refractivity contribution in [1.82, 2.24) is 15.5 Å². The Bertz CT molecular complexity index is 592. The van der Waals surface area contributed by atoms with Gasteiger partial charge in [-0.1, -0.05) is 5.16 Å². The van der Waals surface area contributed by atoms with E-state index in [0.717, 1.165) is 31.1 Å². The molecule has 1 saturated heterocycles. The fraction of sp³-hybridized carbons (Fsp3) is 0.538. The number of hydrogen-bond acceptors (Lipinski definition) is 7. The van der Waals surface area contributed by atoms with Crippen molar-refractivity contribution in [2.75, 3.05) is 24.7 Å². The van der Waals surface area contributed by atoms with Crippen molar-refractivity contribution in [1.29, 1.82) is 0 Å². The summed E-state index contributed by atoms with van der Waals surface area (Å²) in [6.07, 6.45) is 1.05.